The zero-order valence-electron chi connectivity index (χ0n) is 18.6. The van der Waals surface area contributed by atoms with Gasteiger partial charge in [0, 0.05) is 23.5 Å². The van der Waals surface area contributed by atoms with Gasteiger partial charge in [-0.3, -0.25) is 14.4 Å². The maximum absolute atomic E-state index is 13.2. The first-order chi connectivity index (χ1) is 16.4. The highest BCUT2D eigenvalue weighted by Crippen LogP contribution is 2.31. The van der Waals surface area contributed by atoms with E-state index >= 15 is 0 Å². The maximum atomic E-state index is 13.2. The summed E-state index contributed by atoms with van der Waals surface area (Å²) in [5.41, 5.74) is 1.99. The third-order valence-electron chi connectivity index (χ3n) is 5.37. The van der Waals surface area contributed by atoms with Crippen molar-refractivity contribution in [1.82, 2.24) is 0 Å². The number of nitrogens with one attached hydrogen (secondary N) is 1. The molecule has 4 rings (SSSR count). The van der Waals surface area contributed by atoms with E-state index in [0.29, 0.717) is 29.2 Å². The first kappa shape index (κ1) is 23.1. The van der Waals surface area contributed by atoms with Crippen LogP contribution in [-0.2, 0) is 9.59 Å². The predicted molar refractivity (Wildman–Crippen MR) is 132 cm³/mol. The third-order valence-corrected chi connectivity index (χ3v) is 5.72. The number of hydrogen-bond acceptors (Lipinski definition) is 5. The van der Waals surface area contributed by atoms with Gasteiger partial charge in [-0.15, -0.1) is 0 Å². The Labute approximate surface area is 202 Å². The van der Waals surface area contributed by atoms with Crippen molar-refractivity contribution in [3.05, 3.63) is 95.2 Å². The summed E-state index contributed by atoms with van der Waals surface area (Å²) in [6.07, 6.45) is 0. The lowest BCUT2D eigenvalue weighted by Gasteiger charge is -2.21. The van der Waals surface area contributed by atoms with E-state index in [1.165, 1.54) is 7.11 Å². The second-order valence-electron chi connectivity index (χ2n) is 7.42. The van der Waals surface area contributed by atoms with E-state index < -0.39 is 11.8 Å². The molecule has 0 saturated carbocycles. The summed E-state index contributed by atoms with van der Waals surface area (Å²) in [4.78, 5) is 41.6. The number of benzene rings is 3. The summed E-state index contributed by atoms with van der Waals surface area (Å²) in [6, 6.07) is 22.6. The molecule has 0 radical (unpaired) electrons. The van der Waals surface area contributed by atoms with Crippen molar-refractivity contribution in [3.8, 4) is 5.75 Å². The van der Waals surface area contributed by atoms with Gasteiger partial charge in [-0.1, -0.05) is 35.9 Å². The predicted octanol–water partition coefficient (Wildman–Crippen LogP) is 4.80. The molecule has 1 heterocycles. The molecule has 172 valence electrons. The molecular formula is C26H22ClN3O4. The minimum atomic E-state index is -0.632. The normalized spacial score (nSPS) is 13.3. The maximum Gasteiger partial charge on any atom is 0.283 e. The van der Waals surface area contributed by atoms with E-state index in [9.17, 15) is 14.4 Å². The third kappa shape index (κ3) is 4.38. The van der Waals surface area contributed by atoms with Gasteiger partial charge in [0.2, 0.25) is 0 Å². The van der Waals surface area contributed by atoms with Crippen molar-refractivity contribution in [1.29, 1.82) is 0 Å². The lowest BCUT2D eigenvalue weighted by Crippen LogP contribution is -2.32. The molecule has 0 aliphatic carbocycles. The minimum absolute atomic E-state index is 0.0532. The molecule has 7 nitrogen and oxygen atoms in total. The van der Waals surface area contributed by atoms with Gasteiger partial charge in [-0.25, -0.2) is 4.90 Å². The van der Waals surface area contributed by atoms with Crippen LogP contribution < -0.4 is 19.9 Å². The number of nitrogens with zero attached hydrogens (tertiary/aromatic N) is 2. The van der Waals surface area contributed by atoms with Crippen LogP contribution in [0.3, 0.4) is 0 Å². The standard InChI is InChI=1S/C26H22ClN3O4/c1-3-29(19-10-5-4-6-11-19)24(31)17-8-7-9-18(16-17)28-23-22(27)25(32)30(26(23)33)20-12-14-21(34-2)15-13-20/h4-16,28H,3H2,1-2H3. The second kappa shape index (κ2) is 9.80. The SMILES string of the molecule is CCN(C(=O)c1cccc(NC2=C(Cl)C(=O)N(c3ccc(OC)cc3)C2=O)c1)c1ccccc1. The molecule has 0 unspecified atom stereocenters. The topological polar surface area (TPSA) is 79.0 Å². The highest BCUT2D eigenvalue weighted by Gasteiger charge is 2.39. The van der Waals surface area contributed by atoms with Gasteiger partial charge in [0.1, 0.15) is 16.5 Å². The van der Waals surface area contributed by atoms with Gasteiger partial charge in [0.05, 0.1) is 12.8 Å². The lowest BCUT2D eigenvalue weighted by molar-refractivity contribution is -0.120. The average Bonchev–Trinajstić information content (AvgIpc) is 3.08. The van der Waals surface area contributed by atoms with Gasteiger partial charge in [-0.2, -0.15) is 0 Å². The lowest BCUT2D eigenvalue weighted by atomic mass is 10.1. The van der Waals surface area contributed by atoms with Crippen LogP contribution in [0.5, 0.6) is 5.75 Å². The molecule has 1 N–H and O–H groups in total. The number of ether oxygens (including phenoxy) is 1. The van der Waals surface area contributed by atoms with E-state index in [1.807, 2.05) is 37.3 Å². The Morgan fingerprint density at radius 2 is 1.68 bits per heavy atom. The number of amides is 3. The van der Waals surface area contributed by atoms with Crippen molar-refractivity contribution < 1.29 is 19.1 Å². The van der Waals surface area contributed by atoms with Crippen molar-refractivity contribution in [2.45, 2.75) is 6.92 Å². The van der Waals surface area contributed by atoms with Crippen LogP contribution in [-0.4, -0.2) is 31.4 Å². The second-order valence-corrected chi connectivity index (χ2v) is 7.80. The molecule has 0 atom stereocenters. The van der Waals surface area contributed by atoms with Gasteiger partial charge < -0.3 is 15.0 Å². The Morgan fingerprint density at radius 1 is 0.971 bits per heavy atom. The first-order valence-corrected chi connectivity index (χ1v) is 11.0. The molecule has 0 spiro atoms. The number of hydrogen-bond donors (Lipinski definition) is 1. The summed E-state index contributed by atoms with van der Waals surface area (Å²) in [6.45, 7) is 2.38. The van der Waals surface area contributed by atoms with Crippen LogP contribution in [0.15, 0.2) is 89.6 Å². The summed E-state index contributed by atoms with van der Waals surface area (Å²) < 4.78 is 5.12. The fourth-order valence-corrected chi connectivity index (χ4v) is 3.87. The van der Waals surface area contributed by atoms with E-state index in [1.54, 1.807) is 53.4 Å². The van der Waals surface area contributed by atoms with Crippen molar-refractivity contribution in [3.63, 3.8) is 0 Å². The molecule has 3 amide bonds. The largest absolute Gasteiger partial charge is 0.497 e. The van der Waals surface area contributed by atoms with Crippen LogP contribution in [0.4, 0.5) is 17.1 Å². The average molecular weight is 476 g/mol. The smallest absolute Gasteiger partial charge is 0.283 e. The molecule has 34 heavy (non-hydrogen) atoms. The number of rotatable bonds is 7. The molecule has 0 fully saturated rings. The number of anilines is 3. The Hall–Kier alpha value is -4.10. The highest BCUT2D eigenvalue weighted by atomic mass is 35.5. The van der Waals surface area contributed by atoms with E-state index in [-0.39, 0.29) is 16.6 Å². The summed E-state index contributed by atoms with van der Waals surface area (Å²) in [5, 5.41) is 2.70. The zero-order chi connectivity index (χ0) is 24.2. The Balaban J connectivity index is 1.57. The molecule has 0 saturated heterocycles. The van der Waals surface area contributed by atoms with E-state index in [0.717, 1.165) is 10.6 Å². The molecule has 3 aromatic carbocycles. The molecule has 1 aliphatic rings. The number of imide groups is 1. The number of halogens is 1. The van der Waals surface area contributed by atoms with Crippen LogP contribution >= 0.6 is 11.6 Å². The fraction of sp³-hybridized carbons (Fsp3) is 0.115. The van der Waals surface area contributed by atoms with Gasteiger partial charge >= 0.3 is 0 Å². The highest BCUT2D eigenvalue weighted by molar-refractivity contribution is 6.53. The van der Waals surface area contributed by atoms with Crippen LogP contribution in [0, 0.1) is 0 Å². The van der Waals surface area contributed by atoms with E-state index in [2.05, 4.69) is 5.32 Å². The number of carbonyl (C=O) groups is 3. The fourth-order valence-electron chi connectivity index (χ4n) is 3.66. The number of methoxy groups -OCH3 is 1. The number of carbonyl (C=O) groups excluding carboxylic acids is 3. The summed E-state index contributed by atoms with van der Waals surface area (Å²) in [5.74, 6) is -0.811. The van der Waals surface area contributed by atoms with Crippen LogP contribution in [0.1, 0.15) is 17.3 Å². The van der Waals surface area contributed by atoms with Gasteiger partial charge in [0.15, 0.2) is 0 Å². The quantitative estimate of drug-likeness (QED) is 0.497. The summed E-state index contributed by atoms with van der Waals surface area (Å²) >= 11 is 6.24. The first-order valence-electron chi connectivity index (χ1n) is 10.6. The van der Waals surface area contributed by atoms with Crippen LogP contribution in [0.2, 0.25) is 0 Å². The summed E-state index contributed by atoms with van der Waals surface area (Å²) in [7, 11) is 1.53. The Morgan fingerprint density at radius 3 is 2.32 bits per heavy atom. The Kier molecular flexibility index (Phi) is 6.65. The minimum Gasteiger partial charge on any atom is -0.497 e. The van der Waals surface area contributed by atoms with E-state index in [4.69, 9.17) is 16.3 Å². The number of para-hydroxylation sites is 1. The van der Waals surface area contributed by atoms with Gasteiger partial charge in [0.25, 0.3) is 17.7 Å². The Bertz CT molecular complexity index is 1270. The zero-order valence-corrected chi connectivity index (χ0v) is 19.4. The van der Waals surface area contributed by atoms with Crippen LogP contribution in [0.25, 0.3) is 0 Å². The monoisotopic (exact) mass is 475 g/mol. The van der Waals surface area contributed by atoms with Crippen molar-refractivity contribution >= 4 is 46.4 Å². The molecule has 0 bridgehead atoms. The molecular weight excluding hydrogens is 454 g/mol. The van der Waals surface area contributed by atoms with Crippen molar-refractivity contribution in [2.75, 3.05) is 28.8 Å². The molecule has 8 heteroatoms. The molecule has 3 aromatic rings. The van der Waals surface area contributed by atoms with Crippen molar-refractivity contribution in [2.24, 2.45) is 0 Å². The molecule has 0 aromatic heterocycles. The van der Waals surface area contributed by atoms with Gasteiger partial charge in [-0.05, 0) is 61.5 Å². The molecule has 1 aliphatic heterocycles.